The van der Waals surface area contributed by atoms with Crippen LogP contribution in [-0.4, -0.2) is 120 Å². The summed E-state index contributed by atoms with van der Waals surface area (Å²) in [7, 11) is 1.62. The van der Waals surface area contributed by atoms with Gasteiger partial charge in [-0.15, -0.1) is 0 Å². The number of methoxy groups -OCH3 is 1. The molecule has 546 valence electrons. The van der Waals surface area contributed by atoms with Gasteiger partial charge in [0.25, 0.3) is 17.1 Å². The van der Waals surface area contributed by atoms with Crippen LogP contribution in [0.3, 0.4) is 0 Å². The standard InChI is InChI=1S/C18H13N3O4.C16H16N2O4.C15H15NO3.C15H15NO2.C14H12N2O4.2CH4/c22-17(16-6-1-2-9-20-16)12-19-11-15-7-8-18(25-15)13-4-3-5-14(10-13)21(23)24;1-10(19)8-17-9-13-4-7-16(22-13)14-5-6-15(18(20)21)12(3)11(14)2;1-11(17)9-16-10-12-7-8-15(19-12)13-5-3-4-6-14(13)18-2;1-2-13(17)10-16-11-14-8-9-15(18-14)12-6-4-3-5-7-12;1-10(17)8-15-9-13-5-6-14(20-13)11-3-2-4-12(7-11)16(18)19;;/h1-11H,12H2;4-7,9H,8H2,1-3H3;3-8,10H,9H2,1-2H3;3-9,11H,2,10H2,1H3;2-7,9H,8H2,1H3;2*1H4. The number of rotatable bonds is 26. The Morgan fingerprint density at radius 1 is 0.425 bits per heavy atom. The molecule has 0 unspecified atom stereocenters. The van der Waals surface area contributed by atoms with Gasteiger partial charge in [0, 0.05) is 70.8 Å². The Morgan fingerprint density at radius 2 is 0.821 bits per heavy atom. The highest BCUT2D eigenvalue weighted by Gasteiger charge is 2.18. The Bertz CT molecular complexity index is 4920. The Morgan fingerprint density at radius 3 is 1.25 bits per heavy atom. The van der Waals surface area contributed by atoms with Crippen molar-refractivity contribution in [2.24, 2.45) is 25.0 Å². The number of carbonyl (C=O) groups excluding carboxylic acids is 5. The molecular weight excluding hydrogens is 1360 g/mol. The van der Waals surface area contributed by atoms with Crippen molar-refractivity contribution in [1.82, 2.24) is 4.98 Å². The van der Waals surface area contributed by atoms with Crippen LogP contribution in [-0.2, 0) is 19.2 Å². The first-order valence-corrected chi connectivity index (χ1v) is 31.9. The second-order valence-electron chi connectivity index (χ2n) is 22.3. The van der Waals surface area contributed by atoms with Gasteiger partial charge in [-0.25, -0.2) is 0 Å². The Kier molecular flexibility index (Phi) is 33.3. The van der Waals surface area contributed by atoms with Gasteiger partial charge in [-0.3, -0.25) is 84.3 Å². The monoisotopic (exact) mass is 1440 g/mol. The number of Topliss-reactive ketones (excluding diaryl/α,β-unsaturated/α-hetero) is 5. The number of ketones is 5. The van der Waals surface area contributed by atoms with Gasteiger partial charge in [-0.1, -0.05) is 94.6 Å². The summed E-state index contributed by atoms with van der Waals surface area (Å²) in [6, 6.07) is 55.8. The van der Waals surface area contributed by atoms with Crippen molar-refractivity contribution >= 4 is 77.1 Å². The maximum Gasteiger partial charge on any atom is 0.272 e. The van der Waals surface area contributed by atoms with E-state index in [2.05, 4.69) is 29.9 Å². The van der Waals surface area contributed by atoms with Crippen LogP contribution in [0.25, 0.3) is 56.6 Å². The lowest BCUT2D eigenvalue weighted by Crippen LogP contribution is -2.05. The van der Waals surface area contributed by atoms with Gasteiger partial charge in [-0.2, -0.15) is 0 Å². The summed E-state index contributed by atoms with van der Waals surface area (Å²) in [6.07, 6.45) is 9.63. The minimum absolute atomic E-state index is 0. The van der Waals surface area contributed by atoms with Crippen LogP contribution in [0.1, 0.15) is 99.4 Å². The molecule has 0 fully saturated rings. The van der Waals surface area contributed by atoms with Gasteiger partial charge in [0.05, 0.1) is 84.7 Å². The van der Waals surface area contributed by atoms with E-state index in [1.807, 2.05) is 92.7 Å². The van der Waals surface area contributed by atoms with Crippen molar-refractivity contribution in [2.45, 2.75) is 62.8 Å². The minimum atomic E-state index is -0.460. The number of ether oxygens (including phenoxy) is 1. The number of hydrogen-bond donors (Lipinski definition) is 0. The number of benzene rings is 5. The average molecular weight is 1440 g/mol. The zero-order valence-electron chi connectivity index (χ0n) is 57.6. The summed E-state index contributed by atoms with van der Waals surface area (Å²) >= 11 is 0. The average Bonchev–Trinajstić information content (AvgIpc) is 1.39. The van der Waals surface area contributed by atoms with Crippen LogP contribution in [0.4, 0.5) is 17.1 Å². The Balaban J connectivity index is 0.000000238. The van der Waals surface area contributed by atoms with Crippen LogP contribution in [0, 0.1) is 44.2 Å². The van der Waals surface area contributed by atoms with E-state index in [1.165, 1.54) is 69.7 Å². The maximum atomic E-state index is 11.9. The van der Waals surface area contributed by atoms with Crippen LogP contribution >= 0.6 is 0 Å². The largest absolute Gasteiger partial charge is 0.496 e. The molecule has 11 rings (SSSR count). The number of hydrogen-bond acceptors (Lipinski definition) is 23. The van der Waals surface area contributed by atoms with Gasteiger partial charge in [0.15, 0.2) is 23.1 Å². The SMILES string of the molecule is C.C.CC(=O)CN=Cc1ccc(-c2ccc([N+](=O)[O-])c(C)c2C)o1.CC(=O)CN=Cc1ccc(-c2cccc([N+](=O)[O-])c2)o1.CCC(=O)CN=Cc1ccc(-c2ccccc2)o1.COc1ccccc1-c1ccc(C=NCC(C)=O)o1.O=C(CN=Cc1ccc(-c2cccc([N+](=O)[O-])c2)o1)c1ccccn1. The van der Waals surface area contributed by atoms with E-state index >= 15 is 0 Å². The molecule has 11 aromatic rings. The zero-order valence-corrected chi connectivity index (χ0v) is 57.6. The number of pyridine rings is 1. The molecule has 0 aliphatic rings. The van der Waals surface area contributed by atoms with E-state index in [-0.39, 0.29) is 93.6 Å². The predicted molar refractivity (Wildman–Crippen MR) is 408 cm³/mol. The first kappa shape index (κ1) is 83.0. The van der Waals surface area contributed by atoms with Gasteiger partial charge in [0.2, 0.25) is 5.78 Å². The van der Waals surface area contributed by atoms with E-state index in [4.69, 9.17) is 26.8 Å². The van der Waals surface area contributed by atoms with E-state index in [9.17, 15) is 54.3 Å². The van der Waals surface area contributed by atoms with Crippen LogP contribution < -0.4 is 4.74 Å². The minimum Gasteiger partial charge on any atom is -0.496 e. The molecule has 0 radical (unpaired) electrons. The van der Waals surface area contributed by atoms with Crippen molar-refractivity contribution in [3.63, 3.8) is 0 Å². The highest BCUT2D eigenvalue weighted by atomic mass is 16.6. The van der Waals surface area contributed by atoms with Gasteiger partial charge < -0.3 is 26.8 Å². The molecule has 106 heavy (non-hydrogen) atoms. The second kappa shape index (κ2) is 42.6. The van der Waals surface area contributed by atoms with Crippen molar-refractivity contribution in [1.29, 1.82) is 0 Å². The Hall–Kier alpha value is -13.7. The number of carbonyl (C=O) groups is 5. The molecule has 5 aromatic carbocycles. The van der Waals surface area contributed by atoms with Gasteiger partial charge >= 0.3 is 0 Å². The molecule has 0 N–H and O–H groups in total. The predicted octanol–water partition coefficient (Wildman–Crippen LogP) is 17.5. The molecule has 0 amide bonds. The van der Waals surface area contributed by atoms with Crippen molar-refractivity contribution in [2.75, 3.05) is 39.8 Å². The fourth-order valence-corrected chi connectivity index (χ4v) is 9.10. The molecule has 0 saturated heterocycles. The lowest BCUT2D eigenvalue weighted by molar-refractivity contribution is -0.385. The number of aliphatic imine (C=N–C) groups is 5. The number of nitrogens with zero attached hydrogens (tertiary/aromatic N) is 9. The number of para-hydroxylation sites is 1. The van der Waals surface area contributed by atoms with Crippen LogP contribution in [0.5, 0.6) is 5.75 Å². The molecule has 0 spiro atoms. The summed E-state index contributed by atoms with van der Waals surface area (Å²) in [5, 5.41) is 32.5. The van der Waals surface area contributed by atoms with Gasteiger partial charge in [0.1, 0.15) is 75.6 Å². The lowest BCUT2D eigenvalue weighted by atomic mass is 10.00. The molecule has 6 aromatic heterocycles. The molecule has 0 aliphatic carbocycles. The second-order valence-corrected chi connectivity index (χ2v) is 22.3. The summed E-state index contributed by atoms with van der Waals surface area (Å²) in [4.78, 5) is 110. The number of aromatic nitrogens is 1. The summed E-state index contributed by atoms with van der Waals surface area (Å²) in [5.41, 5.74) is 5.79. The fraction of sp³-hybridized carbons (Fsp3) is 0.188. The topological polar surface area (TPSA) is 364 Å². The van der Waals surface area contributed by atoms with Crippen molar-refractivity contribution < 1.29 is 65.6 Å². The summed E-state index contributed by atoms with van der Waals surface area (Å²) < 4.78 is 33.3. The third-order valence-electron chi connectivity index (χ3n) is 14.4. The highest BCUT2D eigenvalue weighted by Crippen LogP contribution is 2.34. The highest BCUT2D eigenvalue weighted by molar-refractivity contribution is 5.97. The fourth-order valence-electron chi connectivity index (χ4n) is 9.10. The van der Waals surface area contributed by atoms with Gasteiger partial charge in [-0.05, 0) is 131 Å². The third kappa shape index (κ3) is 26.4. The normalized spacial score (nSPS) is 10.7. The third-order valence-corrected chi connectivity index (χ3v) is 14.4. The summed E-state index contributed by atoms with van der Waals surface area (Å²) in [6.45, 7) is 10.4. The number of nitro benzene ring substituents is 3. The smallest absolute Gasteiger partial charge is 0.272 e. The Labute approximate surface area is 611 Å². The zero-order chi connectivity index (χ0) is 74.9. The van der Waals surface area contributed by atoms with E-state index in [0.29, 0.717) is 80.6 Å². The van der Waals surface area contributed by atoms with Crippen LogP contribution in [0.2, 0.25) is 0 Å². The maximum absolute atomic E-state index is 11.9. The molecule has 0 bridgehead atoms. The molecule has 26 nitrogen and oxygen atoms in total. The molecule has 6 heterocycles. The molecule has 0 aliphatic heterocycles. The quantitative estimate of drug-likeness (QED) is 0.0210. The summed E-state index contributed by atoms with van der Waals surface area (Å²) in [5.74, 6) is 6.53. The molecule has 0 saturated carbocycles. The molecule has 26 heteroatoms. The first-order chi connectivity index (χ1) is 50.1. The van der Waals surface area contributed by atoms with Crippen LogP contribution in [0.15, 0.2) is 247 Å². The molecular formula is C80H79N9O17. The molecule has 0 atom stereocenters. The number of non-ortho nitro benzene ring substituents is 2. The first-order valence-electron chi connectivity index (χ1n) is 31.9. The van der Waals surface area contributed by atoms with Crippen molar-refractivity contribution in [3.8, 4) is 62.4 Å². The van der Waals surface area contributed by atoms with Crippen molar-refractivity contribution in [3.05, 3.63) is 276 Å². The van der Waals surface area contributed by atoms with E-state index in [1.54, 1.807) is 118 Å². The lowest BCUT2D eigenvalue weighted by Gasteiger charge is -2.06. The van der Waals surface area contributed by atoms with E-state index in [0.717, 1.165) is 33.8 Å². The van der Waals surface area contributed by atoms with E-state index < -0.39 is 14.8 Å². The number of nitro groups is 3. The number of furan rings is 5.